The van der Waals surface area contributed by atoms with Gasteiger partial charge < -0.3 is 9.88 Å². The van der Waals surface area contributed by atoms with Gasteiger partial charge in [-0.05, 0) is 67.8 Å². The van der Waals surface area contributed by atoms with Gasteiger partial charge in [0, 0.05) is 35.6 Å². The number of nitrogens with one attached hydrogen (secondary N) is 1. The van der Waals surface area contributed by atoms with Crippen LogP contribution in [0.25, 0.3) is 22.0 Å². The van der Waals surface area contributed by atoms with Crippen LogP contribution in [0, 0.1) is 5.82 Å². The van der Waals surface area contributed by atoms with E-state index in [1.165, 1.54) is 48.1 Å². The molecule has 1 aliphatic heterocycles. The van der Waals surface area contributed by atoms with Gasteiger partial charge in [-0.3, -0.25) is 0 Å². The van der Waals surface area contributed by atoms with Gasteiger partial charge in [-0.1, -0.05) is 18.2 Å². The number of H-pyrrole nitrogens is 1. The van der Waals surface area contributed by atoms with E-state index in [9.17, 15) is 4.39 Å². The van der Waals surface area contributed by atoms with Gasteiger partial charge in [0.1, 0.15) is 5.82 Å². The highest BCUT2D eigenvalue weighted by atomic mass is 19.1. The third-order valence-electron chi connectivity index (χ3n) is 5.21. The molecule has 1 N–H and O–H groups in total. The van der Waals surface area contributed by atoms with E-state index in [0.717, 1.165) is 30.1 Å². The molecule has 1 saturated heterocycles. The summed E-state index contributed by atoms with van der Waals surface area (Å²) in [5, 5.41) is 1.22. The number of halogens is 1. The molecule has 0 amide bonds. The summed E-state index contributed by atoms with van der Waals surface area (Å²) < 4.78 is 13.1. The summed E-state index contributed by atoms with van der Waals surface area (Å²) in [4.78, 5) is 6.11. The van der Waals surface area contributed by atoms with Crippen LogP contribution >= 0.6 is 0 Å². The molecule has 1 fully saturated rings. The lowest BCUT2D eigenvalue weighted by molar-refractivity contribution is 0.271. The second kappa shape index (κ2) is 6.40. The minimum Gasteiger partial charge on any atom is -0.358 e. The zero-order valence-corrected chi connectivity index (χ0v) is 14.1. The van der Waals surface area contributed by atoms with Crippen molar-refractivity contribution in [2.45, 2.75) is 32.2 Å². The molecule has 0 radical (unpaired) electrons. The van der Waals surface area contributed by atoms with Crippen molar-refractivity contribution in [3.63, 3.8) is 0 Å². The van der Waals surface area contributed by atoms with Gasteiger partial charge in [0.05, 0.1) is 0 Å². The molecule has 3 heteroatoms. The molecular weight excluding hydrogens is 299 g/mol. The predicted molar refractivity (Wildman–Crippen MR) is 97.7 cm³/mol. The minimum atomic E-state index is -0.195. The molecule has 2 heterocycles. The van der Waals surface area contributed by atoms with Crippen LogP contribution in [0.5, 0.6) is 0 Å². The van der Waals surface area contributed by atoms with Crippen molar-refractivity contribution in [1.29, 1.82) is 0 Å². The summed E-state index contributed by atoms with van der Waals surface area (Å²) in [6.45, 7) is 4.68. The summed E-state index contributed by atoms with van der Waals surface area (Å²) in [6.07, 6.45) is 3.72. The fraction of sp³-hybridized carbons (Fsp3) is 0.333. The van der Waals surface area contributed by atoms with E-state index in [1.807, 2.05) is 12.1 Å². The number of benzene rings is 2. The van der Waals surface area contributed by atoms with Crippen LogP contribution < -0.4 is 0 Å². The van der Waals surface area contributed by atoms with E-state index in [1.54, 1.807) is 0 Å². The van der Waals surface area contributed by atoms with Crippen LogP contribution in [0.15, 0.2) is 48.5 Å². The lowest BCUT2D eigenvalue weighted by Gasteiger charge is -2.20. The smallest absolute Gasteiger partial charge is 0.123 e. The van der Waals surface area contributed by atoms with E-state index in [2.05, 4.69) is 41.1 Å². The van der Waals surface area contributed by atoms with Gasteiger partial charge in [0.25, 0.3) is 0 Å². The normalized spacial score (nSPS) is 18.5. The summed E-state index contributed by atoms with van der Waals surface area (Å²) in [6, 6.07) is 16.1. The molecule has 1 aromatic heterocycles. The highest BCUT2D eigenvalue weighted by Gasteiger charge is 2.19. The van der Waals surface area contributed by atoms with Crippen molar-refractivity contribution in [3.8, 4) is 11.1 Å². The molecule has 0 aliphatic carbocycles. The van der Waals surface area contributed by atoms with Crippen LogP contribution in [0.1, 0.15) is 25.5 Å². The molecule has 2 nitrogen and oxygen atoms in total. The van der Waals surface area contributed by atoms with E-state index < -0.39 is 0 Å². The van der Waals surface area contributed by atoms with Gasteiger partial charge >= 0.3 is 0 Å². The number of fused-ring (bicyclic) bond motifs is 1. The van der Waals surface area contributed by atoms with Crippen molar-refractivity contribution < 1.29 is 4.39 Å². The molecule has 1 atom stereocenters. The van der Waals surface area contributed by atoms with E-state index in [-0.39, 0.29) is 5.82 Å². The maximum absolute atomic E-state index is 13.1. The second-order valence-corrected chi connectivity index (χ2v) is 6.88. The Morgan fingerprint density at radius 2 is 1.88 bits per heavy atom. The van der Waals surface area contributed by atoms with Gasteiger partial charge in [-0.25, -0.2) is 4.39 Å². The zero-order valence-electron chi connectivity index (χ0n) is 14.1. The maximum atomic E-state index is 13.1. The van der Waals surface area contributed by atoms with Gasteiger partial charge in [-0.15, -0.1) is 0 Å². The quantitative estimate of drug-likeness (QED) is 0.716. The molecule has 124 valence electrons. The van der Waals surface area contributed by atoms with Crippen molar-refractivity contribution in [2.24, 2.45) is 0 Å². The molecule has 2 aromatic carbocycles. The Bertz CT molecular complexity index is 835. The van der Waals surface area contributed by atoms with Crippen LogP contribution in [-0.4, -0.2) is 29.0 Å². The highest BCUT2D eigenvalue weighted by molar-refractivity contribution is 5.85. The number of likely N-dealkylation sites (tertiary alicyclic amines) is 1. The van der Waals surface area contributed by atoms with E-state index >= 15 is 0 Å². The Morgan fingerprint density at radius 1 is 1.08 bits per heavy atom. The average molecular weight is 322 g/mol. The molecule has 1 unspecified atom stereocenters. The van der Waals surface area contributed by atoms with Crippen LogP contribution in [0.4, 0.5) is 4.39 Å². The monoisotopic (exact) mass is 322 g/mol. The molecule has 0 spiro atoms. The number of rotatable bonds is 4. The van der Waals surface area contributed by atoms with Crippen molar-refractivity contribution >= 4 is 10.9 Å². The van der Waals surface area contributed by atoms with Crippen molar-refractivity contribution in [1.82, 2.24) is 9.88 Å². The fourth-order valence-corrected chi connectivity index (χ4v) is 3.74. The van der Waals surface area contributed by atoms with Crippen LogP contribution in [0.2, 0.25) is 0 Å². The Kier molecular flexibility index (Phi) is 4.11. The first kappa shape index (κ1) is 15.4. The Balaban J connectivity index is 1.53. The average Bonchev–Trinajstić information content (AvgIpc) is 3.18. The molecule has 1 aliphatic rings. The molecule has 4 rings (SSSR count). The maximum Gasteiger partial charge on any atom is 0.123 e. The fourth-order valence-electron chi connectivity index (χ4n) is 3.74. The topological polar surface area (TPSA) is 19.0 Å². The van der Waals surface area contributed by atoms with Crippen LogP contribution in [-0.2, 0) is 6.42 Å². The highest BCUT2D eigenvalue weighted by Crippen LogP contribution is 2.26. The Labute approximate surface area is 142 Å². The number of nitrogens with zero attached hydrogens (tertiary/aromatic N) is 1. The van der Waals surface area contributed by atoms with Gasteiger partial charge in [0.15, 0.2) is 0 Å². The summed E-state index contributed by atoms with van der Waals surface area (Å²) >= 11 is 0. The summed E-state index contributed by atoms with van der Waals surface area (Å²) in [7, 11) is 0. The third kappa shape index (κ3) is 3.09. The molecule has 3 aromatic rings. The first-order valence-corrected chi connectivity index (χ1v) is 8.81. The zero-order chi connectivity index (χ0) is 16.5. The number of aromatic nitrogens is 1. The van der Waals surface area contributed by atoms with E-state index in [4.69, 9.17) is 0 Å². The third-order valence-corrected chi connectivity index (χ3v) is 5.21. The summed E-state index contributed by atoms with van der Waals surface area (Å²) in [5.41, 5.74) is 4.64. The minimum absolute atomic E-state index is 0.195. The Hall–Kier alpha value is -2.13. The van der Waals surface area contributed by atoms with E-state index in [0.29, 0.717) is 0 Å². The molecular formula is C21H23FN2. The number of hydrogen-bond acceptors (Lipinski definition) is 1. The van der Waals surface area contributed by atoms with Crippen molar-refractivity contribution in [3.05, 3.63) is 60.0 Å². The van der Waals surface area contributed by atoms with Crippen molar-refractivity contribution in [2.75, 3.05) is 13.1 Å². The number of hydrogen-bond donors (Lipinski definition) is 1. The molecule has 24 heavy (non-hydrogen) atoms. The predicted octanol–water partition coefficient (Wildman–Crippen LogP) is 5.00. The second-order valence-electron chi connectivity index (χ2n) is 6.88. The Morgan fingerprint density at radius 3 is 2.62 bits per heavy atom. The SMILES string of the molecule is CC1CCCN1CCc1cc2cc(-c3ccc(F)cc3)ccc2[nH]1. The van der Waals surface area contributed by atoms with Crippen LogP contribution in [0.3, 0.4) is 0 Å². The molecule has 0 bridgehead atoms. The van der Waals surface area contributed by atoms with Gasteiger partial charge in [-0.2, -0.15) is 0 Å². The lowest BCUT2D eigenvalue weighted by atomic mass is 10.0. The lowest BCUT2D eigenvalue weighted by Crippen LogP contribution is -2.29. The first-order valence-electron chi connectivity index (χ1n) is 8.81. The standard InChI is InChI=1S/C21H23FN2/c1-15-3-2-11-24(15)12-10-20-14-18-13-17(6-9-21(18)23-20)16-4-7-19(22)8-5-16/h4-9,13-15,23H,2-3,10-12H2,1H3. The first-order chi connectivity index (χ1) is 11.7. The largest absolute Gasteiger partial charge is 0.358 e. The van der Waals surface area contributed by atoms with Gasteiger partial charge in [0.2, 0.25) is 0 Å². The molecule has 0 saturated carbocycles. The number of aromatic amines is 1. The summed E-state index contributed by atoms with van der Waals surface area (Å²) in [5.74, 6) is -0.195.